The molecule has 0 amide bonds. The van der Waals surface area contributed by atoms with Crippen molar-refractivity contribution >= 4 is 5.97 Å². The zero-order chi connectivity index (χ0) is 26.7. The Kier molecular flexibility index (Phi) is 7.93. The minimum atomic E-state index is -3.03. The molecule has 1 aromatic carbocycles. The summed E-state index contributed by atoms with van der Waals surface area (Å²) in [6, 6.07) is 3.60. The molecule has 0 aliphatic heterocycles. The van der Waals surface area contributed by atoms with E-state index in [2.05, 4.69) is 9.72 Å². The van der Waals surface area contributed by atoms with Crippen molar-refractivity contribution in [3.05, 3.63) is 53.7 Å². The van der Waals surface area contributed by atoms with Crippen molar-refractivity contribution in [2.45, 2.75) is 51.9 Å². The Balaban J connectivity index is 1.71. The molecule has 0 saturated heterocycles. The first-order valence-corrected chi connectivity index (χ1v) is 12.0. The number of carbonyl (C=O) groups is 1. The first kappa shape index (κ1) is 26.7. The van der Waals surface area contributed by atoms with E-state index in [0.717, 1.165) is 18.9 Å². The minimum absolute atomic E-state index is 0.0754. The molecule has 0 radical (unpaired) electrons. The van der Waals surface area contributed by atoms with Gasteiger partial charge in [0.25, 0.3) is 0 Å². The van der Waals surface area contributed by atoms with Gasteiger partial charge in [-0.3, -0.25) is 4.79 Å². The maximum Gasteiger partial charge on any atom is 0.387 e. The number of aliphatic carboxylic acids is 1. The van der Waals surface area contributed by atoms with E-state index in [-0.39, 0.29) is 41.9 Å². The molecule has 8 nitrogen and oxygen atoms in total. The van der Waals surface area contributed by atoms with Crippen LogP contribution in [0.1, 0.15) is 44.2 Å². The van der Waals surface area contributed by atoms with Crippen molar-refractivity contribution in [1.82, 2.24) is 4.98 Å². The number of allylic oxidation sites excluding steroid dienone is 2. The molecule has 0 spiro atoms. The third-order valence-corrected chi connectivity index (χ3v) is 6.28. The standard InChI is InChI=1S/C26H29F3N2O6/c1-3-34-22-17(27)5-4-10-26(22,24(32)33)12-18-21(14(2)30)37-23(31-18)16-8-9-19(36-25(28)29)20(11-16)35-13-15-6-7-15/h4-5,8-11,14-15,22,25H,3,6-7,12-13,30H2,1-2H3,(H,32,33). The lowest BCUT2D eigenvalue weighted by atomic mass is 9.74. The van der Waals surface area contributed by atoms with Crippen LogP contribution < -0.4 is 15.2 Å². The van der Waals surface area contributed by atoms with Crippen LogP contribution in [0.4, 0.5) is 13.2 Å². The molecular formula is C26H29F3N2O6. The number of carboxylic acids is 1. The summed E-state index contributed by atoms with van der Waals surface area (Å²) in [4.78, 5) is 17.0. The first-order valence-electron chi connectivity index (χ1n) is 12.0. The van der Waals surface area contributed by atoms with Gasteiger partial charge in [0.15, 0.2) is 11.5 Å². The number of rotatable bonds is 12. The minimum Gasteiger partial charge on any atom is -0.489 e. The van der Waals surface area contributed by atoms with Gasteiger partial charge in [0.05, 0.1) is 18.3 Å². The third kappa shape index (κ3) is 5.83. The second kappa shape index (κ2) is 11.0. The SMILES string of the molecule is CCOC1C(F)=CC=CC1(Cc1nc(-c2ccc(OC(F)F)c(OCC3CC3)c2)oc1C(C)N)C(=O)O. The van der Waals surface area contributed by atoms with Gasteiger partial charge in [-0.25, -0.2) is 9.37 Å². The maximum atomic E-state index is 14.7. The second-order valence-corrected chi connectivity index (χ2v) is 9.18. The molecule has 11 heteroatoms. The number of alkyl halides is 2. The van der Waals surface area contributed by atoms with E-state index >= 15 is 0 Å². The predicted molar refractivity (Wildman–Crippen MR) is 127 cm³/mol. The lowest BCUT2D eigenvalue weighted by Gasteiger charge is -2.35. The number of halogens is 3. The molecule has 200 valence electrons. The van der Waals surface area contributed by atoms with Crippen LogP contribution in [0.25, 0.3) is 11.5 Å². The summed E-state index contributed by atoms with van der Waals surface area (Å²) in [5, 5.41) is 10.2. The van der Waals surface area contributed by atoms with Crippen molar-refractivity contribution in [2.24, 2.45) is 17.1 Å². The largest absolute Gasteiger partial charge is 0.489 e. The quantitative estimate of drug-likeness (QED) is 0.391. The summed E-state index contributed by atoms with van der Waals surface area (Å²) in [7, 11) is 0. The van der Waals surface area contributed by atoms with Crippen LogP contribution in [0.5, 0.6) is 11.5 Å². The number of benzene rings is 1. The lowest BCUT2D eigenvalue weighted by molar-refractivity contribution is -0.154. The van der Waals surface area contributed by atoms with Crippen molar-refractivity contribution in [3.63, 3.8) is 0 Å². The Hall–Kier alpha value is -3.31. The van der Waals surface area contributed by atoms with E-state index in [4.69, 9.17) is 19.6 Å². The van der Waals surface area contributed by atoms with E-state index < -0.39 is 36.0 Å². The molecule has 3 atom stereocenters. The van der Waals surface area contributed by atoms with Gasteiger partial charge in [0.1, 0.15) is 23.1 Å². The monoisotopic (exact) mass is 522 g/mol. The van der Waals surface area contributed by atoms with Gasteiger partial charge < -0.3 is 29.5 Å². The van der Waals surface area contributed by atoms with Gasteiger partial charge >= 0.3 is 12.6 Å². The number of hydrogen-bond acceptors (Lipinski definition) is 7. The average Bonchev–Trinajstić information content (AvgIpc) is 3.57. The fourth-order valence-electron chi connectivity index (χ4n) is 4.22. The highest BCUT2D eigenvalue weighted by Crippen LogP contribution is 2.41. The van der Waals surface area contributed by atoms with Gasteiger partial charge in [-0.2, -0.15) is 8.78 Å². The Morgan fingerprint density at radius 1 is 1.32 bits per heavy atom. The van der Waals surface area contributed by atoms with Crippen LogP contribution in [-0.4, -0.2) is 42.0 Å². The van der Waals surface area contributed by atoms with Gasteiger partial charge in [-0.1, -0.05) is 12.2 Å². The molecule has 3 unspecified atom stereocenters. The van der Waals surface area contributed by atoms with Crippen molar-refractivity contribution in [1.29, 1.82) is 0 Å². The summed E-state index contributed by atoms with van der Waals surface area (Å²) in [6.45, 7) is 0.703. The maximum absolute atomic E-state index is 14.7. The summed E-state index contributed by atoms with van der Waals surface area (Å²) >= 11 is 0. The van der Waals surface area contributed by atoms with Crippen LogP contribution >= 0.6 is 0 Å². The number of oxazole rings is 1. The van der Waals surface area contributed by atoms with Gasteiger partial charge in [-0.15, -0.1) is 0 Å². The van der Waals surface area contributed by atoms with Gasteiger partial charge in [-0.05, 0) is 56.9 Å². The molecule has 37 heavy (non-hydrogen) atoms. The van der Waals surface area contributed by atoms with E-state index in [9.17, 15) is 23.1 Å². The van der Waals surface area contributed by atoms with E-state index in [1.165, 1.54) is 30.4 Å². The third-order valence-electron chi connectivity index (χ3n) is 6.28. The number of aromatic nitrogens is 1. The molecule has 3 N–H and O–H groups in total. The van der Waals surface area contributed by atoms with Gasteiger partial charge in [0.2, 0.25) is 5.89 Å². The molecule has 4 rings (SSSR count). The fourth-order valence-corrected chi connectivity index (χ4v) is 4.22. The van der Waals surface area contributed by atoms with Crippen LogP contribution in [0.15, 0.2) is 46.7 Å². The molecule has 2 aliphatic carbocycles. The molecule has 1 heterocycles. The summed E-state index contributed by atoms with van der Waals surface area (Å²) in [5.74, 6) is -1.39. The Bertz CT molecular complexity index is 1190. The number of nitrogens with two attached hydrogens (primary N) is 1. The number of hydrogen-bond donors (Lipinski definition) is 2. The van der Waals surface area contributed by atoms with Crippen LogP contribution in [0, 0.1) is 11.3 Å². The molecule has 2 aliphatic rings. The Morgan fingerprint density at radius 3 is 2.70 bits per heavy atom. The molecule has 1 saturated carbocycles. The average molecular weight is 523 g/mol. The molecule has 1 aromatic heterocycles. The topological polar surface area (TPSA) is 117 Å². The van der Waals surface area contributed by atoms with Crippen LogP contribution in [-0.2, 0) is 16.0 Å². The van der Waals surface area contributed by atoms with E-state index in [1.54, 1.807) is 13.8 Å². The number of ether oxygens (including phenoxy) is 3. The molecular weight excluding hydrogens is 493 g/mol. The lowest BCUT2D eigenvalue weighted by Crippen LogP contribution is -2.46. The smallest absolute Gasteiger partial charge is 0.387 e. The van der Waals surface area contributed by atoms with Crippen molar-refractivity contribution in [3.8, 4) is 23.0 Å². The molecule has 2 aromatic rings. The fraction of sp³-hybridized carbons (Fsp3) is 0.462. The highest BCUT2D eigenvalue weighted by molar-refractivity contribution is 5.80. The highest BCUT2D eigenvalue weighted by atomic mass is 19.3. The normalized spacial score (nSPS) is 22.1. The molecule has 1 fully saturated rings. The zero-order valence-electron chi connectivity index (χ0n) is 20.5. The Labute approximate surface area is 211 Å². The Morgan fingerprint density at radius 2 is 2.08 bits per heavy atom. The summed E-state index contributed by atoms with van der Waals surface area (Å²) in [6.07, 6.45) is 4.24. The van der Waals surface area contributed by atoms with Crippen molar-refractivity contribution in [2.75, 3.05) is 13.2 Å². The van der Waals surface area contributed by atoms with E-state index in [1.807, 2.05) is 0 Å². The van der Waals surface area contributed by atoms with Crippen LogP contribution in [0.2, 0.25) is 0 Å². The van der Waals surface area contributed by atoms with Crippen molar-refractivity contribution < 1.29 is 41.7 Å². The van der Waals surface area contributed by atoms with Crippen LogP contribution in [0.3, 0.4) is 0 Å². The zero-order valence-corrected chi connectivity index (χ0v) is 20.5. The first-order chi connectivity index (χ1) is 17.6. The van der Waals surface area contributed by atoms with E-state index in [0.29, 0.717) is 18.1 Å². The number of nitrogens with zero attached hydrogens (tertiary/aromatic N) is 1. The summed E-state index contributed by atoms with van der Waals surface area (Å²) in [5.41, 5.74) is 4.91. The predicted octanol–water partition coefficient (Wildman–Crippen LogP) is 5.19. The second-order valence-electron chi connectivity index (χ2n) is 9.18. The highest BCUT2D eigenvalue weighted by Gasteiger charge is 2.49. The molecule has 0 bridgehead atoms. The van der Waals surface area contributed by atoms with Gasteiger partial charge in [0, 0.05) is 18.6 Å². The number of carboxylic acid groups (broad SMARTS) is 1. The summed E-state index contributed by atoms with van der Waals surface area (Å²) < 4.78 is 62.2.